The van der Waals surface area contributed by atoms with E-state index in [2.05, 4.69) is 96.4 Å². The molecule has 0 saturated carbocycles. The molecule has 0 radical (unpaired) electrons. The molecule has 0 fully saturated rings. The van der Waals surface area contributed by atoms with E-state index in [1.165, 1.54) is 32.8 Å². The number of aryl methyl sites for hydroxylation is 1. The molecule has 2 aromatic rings. The van der Waals surface area contributed by atoms with Crippen LogP contribution in [0.15, 0.2) is 41.6 Å². The summed E-state index contributed by atoms with van der Waals surface area (Å²) < 4.78 is 6.18. The van der Waals surface area contributed by atoms with Crippen LogP contribution in [0.4, 0.5) is 0 Å². The zero-order valence-electron chi connectivity index (χ0n) is 19.2. The summed E-state index contributed by atoms with van der Waals surface area (Å²) >= 11 is 0. The molecule has 3 heteroatoms. The van der Waals surface area contributed by atoms with Crippen molar-refractivity contribution in [3.63, 3.8) is 0 Å². The van der Waals surface area contributed by atoms with E-state index in [1.807, 2.05) is 7.11 Å². The SMILES string of the molecule is COc1c([Si](C)(C)C2=Cc3ccccc3C2)cc(C)cc1[Si](C)(C)C(C)(C)C. The number of hydrogen-bond donors (Lipinski definition) is 0. The fraction of sp³-hybridized carbons (Fsp3) is 0.440. The number of benzene rings is 2. The average Bonchev–Trinajstić information content (AvgIpc) is 3.05. The predicted octanol–water partition coefficient (Wildman–Crippen LogP) is 5.81. The highest BCUT2D eigenvalue weighted by molar-refractivity contribution is 6.98. The van der Waals surface area contributed by atoms with Crippen molar-refractivity contribution in [1.29, 1.82) is 0 Å². The van der Waals surface area contributed by atoms with Crippen LogP contribution >= 0.6 is 0 Å². The maximum Gasteiger partial charge on any atom is 0.117 e. The van der Waals surface area contributed by atoms with E-state index in [0.29, 0.717) is 0 Å². The topological polar surface area (TPSA) is 9.23 Å². The first-order valence-corrected chi connectivity index (χ1v) is 16.4. The van der Waals surface area contributed by atoms with Crippen molar-refractivity contribution in [2.75, 3.05) is 7.11 Å². The summed E-state index contributed by atoms with van der Waals surface area (Å²) in [5, 5.41) is 4.83. The van der Waals surface area contributed by atoms with Crippen molar-refractivity contribution in [1.82, 2.24) is 0 Å². The molecule has 0 aromatic heterocycles. The van der Waals surface area contributed by atoms with E-state index in [9.17, 15) is 0 Å². The van der Waals surface area contributed by atoms with Gasteiger partial charge in [-0.05, 0) is 39.9 Å². The van der Waals surface area contributed by atoms with Gasteiger partial charge in [-0.2, -0.15) is 0 Å². The Labute approximate surface area is 173 Å². The molecule has 28 heavy (non-hydrogen) atoms. The third-order valence-electron chi connectivity index (χ3n) is 7.23. The van der Waals surface area contributed by atoms with Crippen molar-refractivity contribution in [2.24, 2.45) is 0 Å². The third-order valence-corrected chi connectivity index (χ3v) is 16.3. The first-order chi connectivity index (χ1) is 12.9. The van der Waals surface area contributed by atoms with E-state index in [0.717, 1.165) is 6.42 Å². The molecule has 2 aromatic carbocycles. The minimum atomic E-state index is -1.85. The summed E-state index contributed by atoms with van der Waals surface area (Å²) in [4.78, 5) is 0. The highest BCUT2D eigenvalue weighted by Crippen LogP contribution is 2.38. The molecule has 0 amide bonds. The van der Waals surface area contributed by atoms with E-state index in [1.54, 1.807) is 5.20 Å². The molecule has 0 unspecified atom stereocenters. The quantitative estimate of drug-likeness (QED) is 0.580. The van der Waals surface area contributed by atoms with Crippen LogP contribution in [-0.2, 0) is 6.42 Å². The second-order valence-corrected chi connectivity index (χ2v) is 20.2. The van der Waals surface area contributed by atoms with Gasteiger partial charge in [-0.3, -0.25) is 0 Å². The van der Waals surface area contributed by atoms with Crippen LogP contribution in [0.2, 0.25) is 31.2 Å². The lowest BCUT2D eigenvalue weighted by Crippen LogP contribution is -2.54. The summed E-state index contributed by atoms with van der Waals surface area (Å²) in [5.41, 5.74) is 4.23. The maximum absolute atomic E-state index is 6.18. The van der Waals surface area contributed by atoms with Crippen molar-refractivity contribution in [2.45, 2.75) is 65.3 Å². The highest BCUT2D eigenvalue weighted by atomic mass is 28.3. The number of hydrogen-bond acceptors (Lipinski definition) is 1. The standard InChI is InChI=1S/C25H36OSi2/c1-18-14-22(24(26-5)23(15-18)28(8,9)25(2,3)4)27(6,7)21-16-19-12-10-11-13-20(19)17-21/h10-16H,17H2,1-9H3. The molecular weight excluding hydrogens is 372 g/mol. The number of fused-ring (bicyclic) bond motifs is 1. The van der Waals surface area contributed by atoms with Gasteiger partial charge in [-0.25, -0.2) is 0 Å². The summed E-state index contributed by atoms with van der Waals surface area (Å²) in [5.74, 6) is 1.17. The Kier molecular flexibility index (Phi) is 5.31. The molecule has 0 heterocycles. The molecule has 0 atom stereocenters. The van der Waals surface area contributed by atoms with Gasteiger partial charge in [0.05, 0.1) is 15.2 Å². The first-order valence-electron chi connectivity index (χ1n) is 10.4. The van der Waals surface area contributed by atoms with Crippen molar-refractivity contribution < 1.29 is 4.74 Å². The molecule has 1 aliphatic carbocycles. The van der Waals surface area contributed by atoms with Crippen LogP contribution in [0, 0.1) is 6.92 Å². The van der Waals surface area contributed by atoms with Crippen molar-refractivity contribution in [3.8, 4) is 5.75 Å². The predicted molar refractivity (Wildman–Crippen MR) is 130 cm³/mol. The summed E-state index contributed by atoms with van der Waals surface area (Å²) in [6.45, 7) is 19.4. The van der Waals surface area contributed by atoms with E-state index in [-0.39, 0.29) is 5.04 Å². The second kappa shape index (κ2) is 7.03. The van der Waals surface area contributed by atoms with Crippen LogP contribution < -0.4 is 15.1 Å². The second-order valence-electron chi connectivity index (χ2n) is 10.4. The number of methoxy groups -OCH3 is 1. The van der Waals surface area contributed by atoms with Crippen molar-refractivity contribution in [3.05, 3.63) is 58.3 Å². The lowest BCUT2D eigenvalue weighted by molar-refractivity contribution is 0.420. The van der Waals surface area contributed by atoms with Crippen LogP contribution in [0.5, 0.6) is 5.75 Å². The Bertz CT molecular complexity index is 930. The zero-order chi connectivity index (χ0) is 20.9. The zero-order valence-corrected chi connectivity index (χ0v) is 21.2. The largest absolute Gasteiger partial charge is 0.497 e. The molecular formula is C25H36OSi2. The molecule has 0 spiro atoms. The van der Waals surface area contributed by atoms with Crippen LogP contribution in [0.25, 0.3) is 6.08 Å². The van der Waals surface area contributed by atoms with E-state index in [4.69, 9.17) is 4.74 Å². The fourth-order valence-corrected chi connectivity index (χ4v) is 9.39. The molecule has 150 valence electrons. The average molecular weight is 409 g/mol. The molecule has 0 aliphatic heterocycles. The first kappa shape index (κ1) is 21.1. The highest BCUT2D eigenvalue weighted by Gasteiger charge is 2.42. The molecule has 0 bridgehead atoms. The van der Waals surface area contributed by atoms with Gasteiger partial charge in [0.15, 0.2) is 0 Å². The molecule has 1 nitrogen and oxygen atoms in total. The van der Waals surface area contributed by atoms with Crippen LogP contribution in [0.3, 0.4) is 0 Å². The van der Waals surface area contributed by atoms with Gasteiger partial charge in [0.25, 0.3) is 0 Å². The number of allylic oxidation sites excluding steroid dienone is 1. The number of ether oxygens (including phenoxy) is 1. The maximum atomic E-state index is 6.18. The summed E-state index contributed by atoms with van der Waals surface area (Å²) in [6, 6.07) is 13.6. The van der Waals surface area contributed by atoms with Gasteiger partial charge in [-0.15, -0.1) is 0 Å². The van der Waals surface area contributed by atoms with Crippen LogP contribution in [0.1, 0.15) is 37.5 Å². The van der Waals surface area contributed by atoms with Gasteiger partial charge in [0.1, 0.15) is 13.8 Å². The Morgan fingerprint density at radius 3 is 2.11 bits per heavy atom. The van der Waals surface area contributed by atoms with Gasteiger partial charge in [0.2, 0.25) is 0 Å². The van der Waals surface area contributed by atoms with E-state index < -0.39 is 16.1 Å². The Hall–Kier alpha value is -1.59. The lowest BCUT2D eigenvalue weighted by Gasteiger charge is -2.40. The lowest BCUT2D eigenvalue weighted by atomic mass is 10.1. The molecule has 0 saturated heterocycles. The molecule has 1 aliphatic rings. The minimum absolute atomic E-state index is 0.278. The Morgan fingerprint density at radius 2 is 1.54 bits per heavy atom. The van der Waals surface area contributed by atoms with Crippen molar-refractivity contribution >= 4 is 32.6 Å². The van der Waals surface area contributed by atoms with Gasteiger partial charge >= 0.3 is 0 Å². The summed E-state index contributed by atoms with van der Waals surface area (Å²) in [6.07, 6.45) is 3.54. The van der Waals surface area contributed by atoms with Gasteiger partial charge < -0.3 is 4.74 Å². The van der Waals surface area contributed by atoms with Gasteiger partial charge in [0, 0.05) is 0 Å². The number of rotatable bonds is 4. The monoisotopic (exact) mass is 408 g/mol. The third kappa shape index (κ3) is 3.44. The minimum Gasteiger partial charge on any atom is -0.497 e. The molecule has 0 N–H and O–H groups in total. The Balaban J connectivity index is 2.17. The molecule has 3 rings (SSSR count). The summed E-state index contributed by atoms with van der Waals surface area (Å²) in [7, 11) is -1.70. The Morgan fingerprint density at radius 1 is 0.929 bits per heavy atom. The van der Waals surface area contributed by atoms with Crippen LogP contribution in [-0.4, -0.2) is 23.3 Å². The van der Waals surface area contributed by atoms with Gasteiger partial charge in [-0.1, -0.05) is 100 Å². The smallest absolute Gasteiger partial charge is 0.117 e. The fourth-order valence-electron chi connectivity index (χ4n) is 4.18. The van der Waals surface area contributed by atoms with E-state index >= 15 is 0 Å². The normalized spacial score (nSPS) is 14.7.